The number of rotatable bonds is 8. The van der Waals surface area contributed by atoms with Crippen LogP contribution in [0.25, 0.3) is 11.3 Å². The maximum atomic E-state index is 12.6. The molecule has 0 fully saturated rings. The topological polar surface area (TPSA) is 108 Å². The van der Waals surface area contributed by atoms with Gasteiger partial charge in [0.25, 0.3) is 5.56 Å². The van der Waals surface area contributed by atoms with Crippen LogP contribution in [0.4, 0.5) is 5.69 Å². The van der Waals surface area contributed by atoms with E-state index in [1.165, 1.54) is 11.8 Å². The fourth-order valence-electron chi connectivity index (χ4n) is 3.49. The maximum Gasteiger partial charge on any atom is 0.270 e. The van der Waals surface area contributed by atoms with E-state index in [1.54, 1.807) is 31.4 Å². The summed E-state index contributed by atoms with van der Waals surface area (Å²) in [5.74, 6) is 0.940. The number of amides is 1. The Morgan fingerprint density at radius 3 is 2.51 bits per heavy atom. The van der Waals surface area contributed by atoms with Crippen LogP contribution < -0.4 is 15.6 Å². The second-order valence-corrected chi connectivity index (χ2v) is 8.56. The first-order chi connectivity index (χ1) is 18.1. The van der Waals surface area contributed by atoms with E-state index in [4.69, 9.17) is 4.74 Å². The lowest BCUT2D eigenvalue weighted by molar-refractivity contribution is -0.115. The molecule has 0 atom stereocenters. The van der Waals surface area contributed by atoms with E-state index in [0.717, 1.165) is 11.1 Å². The van der Waals surface area contributed by atoms with E-state index in [-0.39, 0.29) is 17.9 Å². The number of ether oxygens (including phenoxy) is 1. The molecule has 1 heterocycles. The largest absolute Gasteiger partial charge is 0.497 e. The van der Waals surface area contributed by atoms with Gasteiger partial charge in [-0.05, 0) is 29.3 Å². The van der Waals surface area contributed by atoms with E-state index in [0.29, 0.717) is 33.6 Å². The molecule has 4 aromatic rings. The SMILES string of the molecule is CC.COc1cccc(-c2nc(SCc3ccccc3NC(=O)Cc3ccccc3)[nH]c(=O)c2C#N)c1. The molecule has 0 radical (unpaired) electrons. The highest BCUT2D eigenvalue weighted by atomic mass is 32.2. The van der Waals surface area contributed by atoms with Gasteiger partial charge in [-0.25, -0.2) is 4.98 Å². The third-order valence-electron chi connectivity index (χ3n) is 5.22. The highest BCUT2D eigenvalue weighted by Crippen LogP contribution is 2.28. The monoisotopic (exact) mass is 512 g/mol. The van der Waals surface area contributed by atoms with Crippen LogP contribution in [-0.4, -0.2) is 23.0 Å². The summed E-state index contributed by atoms with van der Waals surface area (Å²) in [6.45, 7) is 4.00. The van der Waals surface area contributed by atoms with Crippen molar-refractivity contribution in [2.24, 2.45) is 0 Å². The van der Waals surface area contributed by atoms with Crippen LogP contribution in [0.1, 0.15) is 30.5 Å². The van der Waals surface area contributed by atoms with Crippen LogP contribution in [-0.2, 0) is 17.0 Å². The molecule has 0 bridgehead atoms. The van der Waals surface area contributed by atoms with E-state index in [1.807, 2.05) is 74.5 Å². The van der Waals surface area contributed by atoms with Crippen LogP contribution in [0.2, 0.25) is 0 Å². The molecule has 0 aliphatic heterocycles. The number of carbonyl (C=O) groups excluding carboxylic acids is 1. The van der Waals surface area contributed by atoms with Gasteiger partial charge in [-0.3, -0.25) is 9.59 Å². The zero-order valence-corrected chi connectivity index (χ0v) is 21.8. The molecule has 0 saturated heterocycles. The summed E-state index contributed by atoms with van der Waals surface area (Å²) in [5.41, 5.74) is 2.85. The molecule has 2 N–H and O–H groups in total. The van der Waals surface area contributed by atoms with E-state index in [2.05, 4.69) is 15.3 Å². The highest BCUT2D eigenvalue weighted by Gasteiger charge is 2.15. The Morgan fingerprint density at radius 1 is 1.05 bits per heavy atom. The minimum atomic E-state index is -0.507. The van der Waals surface area contributed by atoms with Crippen molar-refractivity contribution in [3.8, 4) is 23.1 Å². The van der Waals surface area contributed by atoms with E-state index >= 15 is 0 Å². The summed E-state index contributed by atoms with van der Waals surface area (Å²) >= 11 is 1.31. The Balaban J connectivity index is 0.00000186. The number of H-pyrrole nitrogens is 1. The van der Waals surface area contributed by atoms with Crippen LogP contribution in [0.15, 0.2) is 88.8 Å². The molecule has 3 aromatic carbocycles. The Bertz CT molecular complexity index is 1450. The van der Waals surface area contributed by atoms with Gasteiger partial charge in [0.15, 0.2) is 5.16 Å². The molecule has 7 nitrogen and oxygen atoms in total. The molecule has 37 heavy (non-hydrogen) atoms. The Kier molecular flexibility index (Phi) is 10.1. The number of hydrogen-bond donors (Lipinski definition) is 2. The summed E-state index contributed by atoms with van der Waals surface area (Å²) in [7, 11) is 1.55. The Morgan fingerprint density at radius 2 is 1.78 bits per heavy atom. The van der Waals surface area contributed by atoms with Crippen molar-refractivity contribution in [3.05, 3.63) is 106 Å². The fourth-order valence-corrected chi connectivity index (χ4v) is 4.36. The lowest BCUT2D eigenvalue weighted by Gasteiger charge is -2.12. The van der Waals surface area contributed by atoms with Crippen molar-refractivity contribution in [3.63, 3.8) is 0 Å². The summed E-state index contributed by atoms with van der Waals surface area (Å²) in [5, 5.41) is 12.9. The number of nitriles is 1. The normalized spacial score (nSPS) is 10.0. The Labute approximate surface area is 220 Å². The van der Waals surface area contributed by atoms with Crippen LogP contribution in [0, 0.1) is 11.3 Å². The fraction of sp³-hybridized carbons (Fsp3) is 0.172. The lowest BCUT2D eigenvalue weighted by atomic mass is 10.1. The predicted octanol–water partition coefficient (Wildman–Crippen LogP) is 5.82. The van der Waals surface area contributed by atoms with Crippen molar-refractivity contribution < 1.29 is 9.53 Å². The first kappa shape index (κ1) is 27.2. The number of anilines is 1. The number of aromatic nitrogens is 2. The number of aromatic amines is 1. The third-order valence-corrected chi connectivity index (χ3v) is 6.14. The van der Waals surface area contributed by atoms with E-state index < -0.39 is 5.56 Å². The van der Waals surface area contributed by atoms with Gasteiger partial charge in [-0.2, -0.15) is 5.26 Å². The average molecular weight is 513 g/mol. The summed E-state index contributed by atoms with van der Waals surface area (Å²) in [4.78, 5) is 32.4. The number of benzene rings is 3. The summed E-state index contributed by atoms with van der Waals surface area (Å²) in [6.07, 6.45) is 0.275. The second kappa shape index (κ2) is 13.7. The molecule has 0 aliphatic rings. The maximum absolute atomic E-state index is 12.6. The van der Waals surface area contributed by atoms with Gasteiger partial charge in [0, 0.05) is 17.0 Å². The zero-order valence-electron chi connectivity index (χ0n) is 20.9. The zero-order chi connectivity index (χ0) is 26.6. The standard InChI is InChI=1S/C27H22N4O3S.C2H6/c1-34-21-12-7-11-19(15-21)25-22(16-28)26(33)31-27(30-25)35-17-20-10-5-6-13-23(20)29-24(32)14-18-8-3-2-4-9-18;1-2/h2-13,15H,14,17H2,1H3,(H,29,32)(H,30,31,33);1-2H3. The molecule has 1 amide bonds. The smallest absolute Gasteiger partial charge is 0.270 e. The predicted molar refractivity (Wildman–Crippen MR) is 148 cm³/mol. The van der Waals surface area contributed by atoms with Crippen molar-refractivity contribution in [1.82, 2.24) is 9.97 Å². The minimum absolute atomic E-state index is 0.0591. The number of nitrogens with zero attached hydrogens (tertiary/aromatic N) is 2. The third kappa shape index (κ3) is 7.32. The van der Waals surface area contributed by atoms with Gasteiger partial charge in [-0.1, -0.05) is 86.3 Å². The Hall–Kier alpha value is -4.35. The van der Waals surface area contributed by atoms with Crippen molar-refractivity contribution in [2.75, 3.05) is 12.4 Å². The van der Waals surface area contributed by atoms with Gasteiger partial charge in [0.05, 0.1) is 19.2 Å². The molecule has 4 rings (SSSR count). The van der Waals surface area contributed by atoms with Gasteiger partial charge in [0.1, 0.15) is 17.4 Å². The molecule has 188 valence electrons. The molecular formula is C29H28N4O3S. The van der Waals surface area contributed by atoms with Crippen molar-refractivity contribution >= 4 is 23.4 Å². The quantitative estimate of drug-likeness (QED) is 0.228. The van der Waals surface area contributed by atoms with Gasteiger partial charge >= 0.3 is 0 Å². The van der Waals surface area contributed by atoms with E-state index in [9.17, 15) is 14.9 Å². The van der Waals surface area contributed by atoms with Gasteiger partial charge < -0.3 is 15.0 Å². The average Bonchev–Trinajstić information content (AvgIpc) is 2.94. The molecule has 8 heteroatoms. The number of carbonyl (C=O) groups is 1. The lowest BCUT2D eigenvalue weighted by Crippen LogP contribution is -2.16. The molecular weight excluding hydrogens is 484 g/mol. The number of nitrogens with one attached hydrogen (secondary N) is 2. The van der Waals surface area contributed by atoms with Gasteiger partial charge in [-0.15, -0.1) is 0 Å². The highest BCUT2D eigenvalue weighted by molar-refractivity contribution is 7.98. The van der Waals surface area contributed by atoms with Crippen molar-refractivity contribution in [1.29, 1.82) is 5.26 Å². The van der Waals surface area contributed by atoms with Crippen LogP contribution >= 0.6 is 11.8 Å². The second-order valence-electron chi connectivity index (χ2n) is 7.59. The first-order valence-corrected chi connectivity index (χ1v) is 12.8. The summed E-state index contributed by atoms with van der Waals surface area (Å²) < 4.78 is 5.26. The molecule has 0 saturated carbocycles. The molecule has 1 aromatic heterocycles. The molecule has 0 aliphatic carbocycles. The number of para-hydroxylation sites is 1. The molecule has 0 spiro atoms. The summed E-state index contributed by atoms with van der Waals surface area (Å²) in [6, 6.07) is 26.0. The minimum Gasteiger partial charge on any atom is -0.497 e. The number of hydrogen-bond acceptors (Lipinski definition) is 6. The number of methoxy groups -OCH3 is 1. The van der Waals surface area contributed by atoms with Crippen molar-refractivity contribution in [2.45, 2.75) is 31.2 Å². The molecule has 0 unspecified atom stereocenters. The van der Waals surface area contributed by atoms with Gasteiger partial charge in [0.2, 0.25) is 5.91 Å². The number of thioether (sulfide) groups is 1. The first-order valence-electron chi connectivity index (χ1n) is 11.8. The van der Waals surface area contributed by atoms with Crippen LogP contribution in [0.3, 0.4) is 0 Å². The van der Waals surface area contributed by atoms with Crippen LogP contribution in [0.5, 0.6) is 5.75 Å².